The lowest BCUT2D eigenvalue weighted by molar-refractivity contribution is 0.303. The minimum atomic E-state index is 0.617. The first-order chi connectivity index (χ1) is 9.65. The van der Waals surface area contributed by atoms with Gasteiger partial charge in [0.2, 0.25) is 0 Å². The number of para-hydroxylation sites is 1. The molecule has 0 amide bonds. The Morgan fingerprint density at radius 3 is 2.60 bits per heavy atom. The molecule has 0 spiro atoms. The highest BCUT2D eigenvalue weighted by Crippen LogP contribution is 2.44. The molecule has 2 aliphatic rings. The van der Waals surface area contributed by atoms with Gasteiger partial charge in [0.1, 0.15) is 0 Å². The first kappa shape index (κ1) is 14.1. The van der Waals surface area contributed by atoms with Crippen LogP contribution < -0.4 is 10.2 Å². The number of halogens is 1. The molecule has 0 aliphatic heterocycles. The molecule has 20 heavy (non-hydrogen) atoms. The zero-order valence-corrected chi connectivity index (χ0v) is 13.3. The van der Waals surface area contributed by atoms with E-state index in [-0.39, 0.29) is 0 Å². The molecule has 0 heterocycles. The lowest BCUT2D eigenvalue weighted by Gasteiger charge is -2.32. The van der Waals surface area contributed by atoms with E-state index in [1.807, 2.05) is 12.1 Å². The molecule has 3 heteroatoms. The normalized spacial score (nSPS) is 26.4. The van der Waals surface area contributed by atoms with Crippen LogP contribution in [-0.4, -0.2) is 20.1 Å². The van der Waals surface area contributed by atoms with Gasteiger partial charge in [-0.2, -0.15) is 0 Å². The van der Waals surface area contributed by atoms with Crippen LogP contribution in [0.3, 0.4) is 0 Å². The minimum absolute atomic E-state index is 0.617. The van der Waals surface area contributed by atoms with Crippen molar-refractivity contribution in [3.05, 3.63) is 23.2 Å². The second-order valence-corrected chi connectivity index (χ2v) is 7.04. The van der Waals surface area contributed by atoms with Gasteiger partial charge in [-0.05, 0) is 49.7 Å². The van der Waals surface area contributed by atoms with Crippen LogP contribution in [0.1, 0.15) is 38.5 Å². The van der Waals surface area contributed by atoms with Gasteiger partial charge in [0.15, 0.2) is 0 Å². The van der Waals surface area contributed by atoms with Crippen LogP contribution in [0.15, 0.2) is 18.2 Å². The summed E-state index contributed by atoms with van der Waals surface area (Å²) in [6, 6.07) is 6.78. The van der Waals surface area contributed by atoms with Gasteiger partial charge >= 0.3 is 0 Å². The van der Waals surface area contributed by atoms with Crippen LogP contribution in [-0.2, 0) is 0 Å². The highest BCUT2D eigenvalue weighted by Gasteiger charge is 2.34. The fourth-order valence-corrected chi connectivity index (χ4v) is 4.00. The third-order valence-electron chi connectivity index (χ3n) is 4.80. The summed E-state index contributed by atoms with van der Waals surface area (Å²) in [5.74, 6) is 2.00. The van der Waals surface area contributed by atoms with Crippen LogP contribution in [0.5, 0.6) is 0 Å². The summed E-state index contributed by atoms with van der Waals surface area (Å²) in [6.45, 7) is 0. The summed E-state index contributed by atoms with van der Waals surface area (Å²) in [6.07, 6.45) is 8.39. The van der Waals surface area contributed by atoms with Crippen LogP contribution in [0.25, 0.3) is 0 Å². The van der Waals surface area contributed by atoms with Crippen molar-refractivity contribution in [1.29, 1.82) is 0 Å². The van der Waals surface area contributed by atoms with Gasteiger partial charge in [-0.1, -0.05) is 30.5 Å². The molecule has 2 saturated carbocycles. The number of nitrogens with one attached hydrogen (secondary N) is 1. The Morgan fingerprint density at radius 2 is 1.90 bits per heavy atom. The Morgan fingerprint density at radius 1 is 1.10 bits per heavy atom. The molecule has 2 unspecified atom stereocenters. The highest BCUT2D eigenvalue weighted by atomic mass is 35.5. The molecule has 0 bridgehead atoms. The van der Waals surface area contributed by atoms with Gasteiger partial charge in [0, 0.05) is 20.1 Å². The molecule has 1 N–H and O–H groups in total. The average Bonchev–Trinajstić information content (AvgIpc) is 3.23. The molecule has 0 saturated heterocycles. The van der Waals surface area contributed by atoms with Crippen molar-refractivity contribution in [2.75, 3.05) is 24.3 Å². The van der Waals surface area contributed by atoms with E-state index < -0.39 is 0 Å². The summed E-state index contributed by atoms with van der Waals surface area (Å²) in [7, 11) is 4.11. The second-order valence-electron chi connectivity index (χ2n) is 6.64. The van der Waals surface area contributed by atoms with Gasteiger partial charge in [0.05, 0.1) is 16.4 Å². The Kier molecular flexibility index (Phi) is 4.11. The molecule has 1 aromatic rings. The largest absolute Gasteiger partial charge is 0.381 e. The average molecular weight is 293 g/mol. The summed E-state index contributed by atoms with van der Waals surface area (Å²) >= 11 is 6.35. The third-order valence-corrected chi connectivity index (χ3v) is 5.10. The van der Waals surface area contributed by atoms with Crippen molar-refractivity contribution in [2.24, 2.45) is 11.8 Å². The van der Waals surface area contributed by atoms with Crippen molar-refractivity contribution >= 4 is 23.0 Å². The topological polar surface area (TPSA) is 15.3 Å². The SMILES string of the molecule is CN(C)c1c(Cl)cccc1NC1CCCC(C2CC2)C1. The molecule has 2 fully saturated rings. The number of nitrogens with zero attached hydrogens (tertiary/aromatic N) is 1. The number of hydrogen-bond acceptors (Lipinski definition) is 2. The number of anilines is 2. The zero-order chi connectivity index (χ0) is 14.1. The predicted octanol–water partition coefficient (Wildman–Crippen LogP) is 4.79. The van der Waals surface area contributed by atoms with E-state index in [9.17, 15) is 0 Å². The van der Waals surface area contributed by atoms with E-state index in [0.717, 1.165) is 22.5 Å². The van der Waals surface area contributed by atoms with Gasteiger partial charge in [-0.25, -0.2) is 0 Å². The molecule has 0 radical (unpaired) electrons. The lowest BCUT2D eigenvalue weighted by atomic mass is 9.82. The molecule has 2 nitrogen and oxygen atoms in total. The fourth-order valence-electron chi connectivity index (χ4n) is 3.66. The monoisotopic (exact) mass is 292 g/mol. The molecule has 110 valence electrons. The lowest BCUT2D eigenvalue weighted by Crippen LogP contribution is -2.29. The van der Waals surface area contributed by atoms with Crippen molar-refractivity contribution in [3.8, 4) is 0 Å². The van der Waals surface area contributed by atoms with E-state index in [0.29, 0.717) is 6.04 Å². The Bertz CT molecular complexity index is 468. The standard InChI is InChI=1S/C17H25ClN2/c1-20(2)17-15(18)7-4-8-16(17)19-14-6-3-5-13(11-14)12-9-10-12/h4,7-8,12-14,19H,3,5-6,9-11H2,1-2H3. The second kappa shape index (κ2) is 5.85. The first-order valence-corrected chi connectivity index (χ1v) is 8.25. The van der Waals surface area contributed by atoms with Gasteiger partial charge in [0.25, 0.3) is 0 Å². The predicted molar refractivity (Wildman–Crippen MR) is 87.9 cm³/mol. The van der Waals surface area contributed by atoms with Crippen LogP contribution in [0.4, 0.5) is 11.4 Å². The van der Waals surface area contributed by atoms with Crippen LogP contribution >= 0.6 is 11.6 Å². The first-order valence-electron chi connectivity index (χ1n) is 7.87. The maximum atomic E-state index is 6.35. The maximum absolute atomic E-state index is 6.35. The summed E-state index contributed by atoms with van der Waals surface area (Å²) in [4.78, 5) is 2.10. The highest BCUT2D eigenvalue weighted by molar-refractivity contribution is 6.34. The smallest absolute Gasteiger partial charge is 0.0786 e. The Balaban J connectivity index is 1.72. The van der Waals surface area contributed by atoms with Crippen molar-refractivity contribution in [3.63, 3.8) is 0 Å². The molecule has 0 aromatic heterocycles. The Hall–Kier alpha value is -0.890. The molecule has 2 aliphatic carbocycles. The molecular weight excluding hydrogens is 268 g/mol. The Labute approximate surface area is 127 Å². The number of rotatable bonds is 4. The van der Waals surface area contributed by atoms with Crippen LogP contribution in [0.2, 0.25) is 5.02 Å². The van der Waals surface area contributed by atoms with E-state index in [4.69, 9.17) is 11.6 Å². The minimum Gasteiger partial charge on any atom is -0.381 e. The fraction of sp³-hybridized carbons (Fsp3) is 0.647. The molecule has 3 rings (SSSR count). The molecule has 2 atom stereocenters. The quantitative estimate of drug-likeness (QED) is 0.858. The van der Waals surface area contributed by atoms with E-state index >= 15 is 0 Å². The maximum Gasteiger partial charge on any atom is 0.0786 e. The summed E-state index contributed by atoms with van der Waals surface area (Å²) < 4.78 is 0. The van der Waals surface area contributed by atoms with E-state index in [1.54, 1.807) is 0 Å². The van der Waals surface area contributed by atoms with Gasteiger partial charge < -0.3 is 10.2 Å². The number of hydrogen-bond donors (Lipinski definition) is 1. The zero-order valence-electron chi connectivity index (χ0n) is 12.5. The van der Waals surface area contributed by atoms with Gasteiger partial charge in [-0.15, -0.1) is 0 Å². The van der Waals surface area contributed by atoms with E-state index in [2.05, 4.69) is 30.4 Å². The third kappa shape index (κ3) is 3.06. The van der Waals surface area contributed by atoms with Crippen molar-refractivity contribution in [1.82, 2.24) is 0 Å². The molecular formula is C17H25ClN2. The van der Waals surface area contributed by atoms with Crippen LogP contribution in [0, 0.1) is 11.8 Å². The van der Waals surface area contributed by atoms with Gasteiger partial charge in [-0.3, -0.25) is 0 Å². The van der Waals surface area contributed by atoms with E-state index in [1.165, 1.54) is 44.2 Å². The summed E-state index contributed by atoms with van der Waals surface area (Å²) in [5.41, 5.74) is 2.30. The number of benzene rings is 1. The summed E-state index contributed by atoms with van der Waals surface area (Å²) in [5, 5.41) is 4.59. The van der Waals surface area contributed by atoms with Crippen molar-refractivity contribution < 1.29 is 0 Å². The molecule has 1 aromatic carbocycles. The van der Waals surface area contributed by atoms with Crippen molar-refractivity contribution in [2.45, 2.75) is 44.6 Å².